The molecule has 54 heavy (non-hydrogen) atoms. The fourth-order valence-corrected chi connectivity index (χ4v) is 6.31. The molecule has 1 atom stereocenters. The Balaban J connectivity index is 1.38. The number of benzene rings is 4. The molecule has 0 saturated carbocycles. The number of hydrogen-bond acceptors (Lipinski definition) is 6. The second-order valence-corrected chi connectivity index (χ2v) is 15.4. The Morgan fingerprint density at radius 2 is 1.44 bits per heavy atom. The molecule has 1 unspecified atom stereocenters. The predicted molar refractivity (Wildman–Crippen MR) is 214 cm³/mol. The lowest BCUT2D eigenvalue weighted by molar-refractivity contribution is -0.160. The van der Waals surface area contributed by atoms with Gasteiger partial charge in [0.2, 0.25) is 11.8 Å². The van der Waals surface area contributed by atoms with Crippen molar-refractivity contribution in [2.24, 2.45) is 0 Å². The second-order valence-electron chi connectivity index (χ2n) is 15.4. The van der Waals surface area contributed by atoms with Gasteiger partial charge in [-0.25, -0.2) is 0 Å². The molecule has 0 bridgehead atoms. The number of esters is 1. The Bertz CT molecular complexity index is 2180. The lowest BCUT2D eigenvalue weighted by atomic mass is 9.84. The van der Waals surface area contributed by atoms with Crippen LogP contribution in [0.2, 0.25) is 0 Å². The molecule has 0 saturated heterocycles. The topological polar surface area (TPSA) is 107 Å². The zero-order valence-corrected chi connectivity index (χ0v) is 32.6. The highest BCUT2D eigenvalue weighted by molar-refractivity contribution is 5.98. The first-order valence-electron chi connectivity index (χ1n) is 18.3. The number of fused-ring (bicyclic) bond motifs is 1. The van der Waals surface area contributed by atoms with E-state index in [9.17, 15) is 19.2 Å². The number of ether oxygens (including phenoxy) is 2. The minimum atomic E-state index is -0.884. The molecule has 9 heteroatoms. The van der Waals surface area contributed by atoms with Gasteiger partial charge in [0, 0.05) is 13.2 Å². The molecule has 0 aliphatic carbocycles. The molecule has 5 aromatic rings. The van der Waals surface area contributed by atoms with Crippen molar-refractivity contribution in [2.45, 2.75) is 84.4 Å². The maximum absolute atomic E-state index is 14.2. The number of anilines is 1. The summed E-state index contributed by atoms with van der Waals surface area (Å²) in [5.41, 5.74) is 2.46. The number of carbonyl (C=O) groups excluding carboxylic acids is 3. The summed E-state index contributed by atoms with van der Waals surface area (Å²) in [6.07, 6.45) is 2.58. The minimum absolute atomic E-state index is 0.110. The van der Waals surface area contributed by atoms with E-state index in [4.69, 9.17) is 9.47 Å². The average molecular weight is 730 g/mol. The number of nitrogens with one attached hydrogen (secondary N) is 1. The van der Waals surface area contributed by atoms with E-state index < -0.39 is 23.0 Å². The van der Waals surface area contributed by atoms with Crippen LogP contribution in [0.5, 0.6) is 5.75 Å². The monoisotopic (exact) mass is 729 g/mol. The van der Waals surface area contributed by atoms with Crippen molar-refractivity contribution in [3.05, 3.63) is 141 Å². The van der Waals surface area contributed by atoms with E-state index in [2.05, 4.69) is 5.32 Å². The predicted octanol–water partition coefficient (Wildman–Crippen LogP) is 7.63. The first-order chi connectivity index (χ1) is 25.5. The summed E-state index contributed by atoms with van der Waals surface area (Å²) < 4.78 is 12.5. The molecule has 0 aliphatic heterocycles. The molecule has 5 rings (SSSR count). The Kier molecular flexibility index (Phi) is 12.1. The van der Waals surface area contributed by atoms with Crippen LogP contribution in [0, 0.1) is 6.92 Å². The van der Waals surface area contributed by atoms with Crippen LogP contribution in [-0.2, 0) is 43.9 Å². The van der Waals surface area contributed by atoms with Crippen molar-refractivity contribution in [3.63, 3.8) is 0 Å². The van der Waals surface area contributed by atoms with E-state index in [1.165, 1.54) is 4.90 Å². The Hall–Kier alpha value is -5.70. The summed E-state index contributed by atoms with van der Waals surface area (Å²) in [5.74, 6) is -0.268. The van der Waals surface area contributed by atoms with Crippen LogP contribution >= 0.6 is 0 Å². The van der Waals surface area contributed by atoms with Crippen LogP contribution in [0.1, 0.15) is 68.9 Å². The molecule has 1 N–H and O–H groups in total. The lowest BCUT2D eigenvalue weighted by Gasteiger charge is -2.29. The second kappa shape index (κ2) is 16.5. The molecule has 1 aromatic heterocycles. The molecular weight excluding hydrogens is 679 g/mol. The van der Waals surface area contributed by atoms with Gasteiger partial charge in [-0.05, 0) is 111 Å². The summed E-state index contributed by atoms with van der Waals surface area (Å²) in [6.45, 7) is 11.3. The number of pyridine rings is 1. The van der Waals surface area contributed by atoms with E-state index in [0.717, 1.165) is 33.0 Å². The maximum Gasteiger partial charge on any atom is 0.316 e. The Morgan fingerprint density at radius 3 is 2.09 bits per heavy atom. The van der Waals surface area contributed by atoms with Crippen LogP contribution in [0.3, 0.4) is 0 Å². The molecule has 0 radical (unpaired) electrons. The van der Waals surface area contributed by atoms with E-state index >= 15 is 0 Å². The number of likely N-dealkylation sites (N-methyl/N-ethyl adjacent to an activating group) is 1. The van der Waals surface area contributed by atoms with Gasteiger partial charge in [0.1, 0.15) is 23.1 Å². The van der Waals surface area contributed by atoms with Gasteiger partial charge in [0.05, 0.1) is 25.5 Å². The molecule has 0 fully saturated rings. The summed E-state index contributed by atoms with van der Waals surface area (Å²) in [5, 5.41) is 5.02. The number of hydrogen-bond donors (Lipinski definition) is 1. The van der Waals surface area contributed by atoms with Crippen LogP contribution in [0.15, 0.2) is 108 Å². The fourth-order valence-electron chi connectivity index (χ4n) is 6.31. The van der Waals surface area contributed by atoms with Gasteiger partial charge in [-0.2, -0.15) is 0 Å². The third kappa shape index (κ3) is 9.64. The van der Waals surface area contributed by atoms with E-state index in [1.54, 1.807) is 37.9 Å². The number of carbonyl (C=O) groups is 3. The number of aryl methyl sites for hydroxylation is 2. The third-order valence-corrected chi connectivity index (χ3v) is 9.76. The van der Waals surface area contributed by atoms with Gasteiger partial charge < -0.3 is 24.3 Å². The number of rotatable bonds is 13. The molecular formula is C45H51N3O6. The zero-order valence-electron chi connectivity index (χ0n) is 32.6. The van der Waals surface area contributed by atoms with Crippen LogP contribution < -0.4 is 15.6 Å². The Labute approximate surface area is 317 Å². The number of aromatic nitrogens is 1. The molecule has 4 aromatic carbocycles. The van der Waals surface area contributed by atoms with Crippen LogP contribution in [0.4, 0.5) is 5.69 Å². The van der Waals surface area contributed by atoms with Crippen molar-refractivity contribution in [2.75, 3.05) is 19.5 Å². The van der Waals surface area contributed by atoms with E-state index in [-0.39, 0.29) is 29.5 Å². The van der Waals surface area contributed by atoms with Gasteiger partial charge in [0.15, 0.2) is 0 Å². The van der Waals surface area contributed by atoms with Crippen LogP contribution in [0.25, 0.3) is 10.8 Å². The zero-order chi connectivity index (χ0) is 39.2. The normalized spacial score (nSPS) is 12.2. The maximum atomic E-state index is 14.2. The first kappa shape index (κ1) is 39.5. The van der Waals surface area contributed by atoms with Gasteiger partial charge in [-0.3, -0.25) is 19.2 Å². The highest BCUT2D eigenvalue weighted by atomic mass is 16.6. The van der Waals surface area contributed by atoms with Crippen molar-refractivity contribution in [1.82, 2.24) is 9.47 Å². The van der Waals surface area contributed by atoms with Crippen molar-refractivity contribution < 1.29 is 23.9 Å². The highest BCUT2D eigenvalue weighted by Gasteiger charge is 2.34. The summed E-state index contributed by atoms with van der Waals surface area (Å²) in [4.78, 5) is 56.3. The third-order valence-electron chi connectivity index (χ3n) is 9.76. The van der Waals surface area contributed by atoms with Gasteiger partial charge in [-0.1, -0.05) is 78.9 Å². The van der Waals surface area contributed by atoms with Gasteiger partial charge >= 0.3 is 5.97 Å². The number of nitrogens with zero attached hydrogens (tertiary/aromatic N) is 2. The largest absolute Gasteiger partial charge is 0.497 e. The summed E-state index contributed by atoms with van der Waals surface area (Å²) in [7, 11) is 3.24. The molecule has 0 aliphatic rings. The lowest BCUT2D eigenvalue weighted by Crippen LogP contribution is -2.46. The minimum Gasteiger partial charge on any atom is -0.497 e. The van der Waals surface area contributed by atoms with E-state index in [1.807, 2.05) is 126 Å². The number of methoxy groups -OCH3 is 1. The first-order valence-corrected chi connectivity index (χ1v) is 18.3. The van der Waals surface area contributed by atoms with Crippen molar-refractivity contribution in [1.29, 1.82) is 0 Å². The molecule has 282 valence electrons. The molecule has 0 spiro atoms. The van der Waals surface area contributed by atoms with Crippen molar-refractivity contribution >= 4 is 34.2 Å². The summed E-state index contributed by atoms with van der Waals surface area (Å²) in [6, 6.07) is 29.9. The average Bonchev–Trinajstić information content (AvgIpc) is 3.14. The van der Waals surface area contributed by atoms with Crippen LogP contribution in [-0.4, -0.2) is 53.1 Å². The molecule has 2 amide bonds. The van der Waals surface area contributed by atoms with E-state index in [0.29, 0.717) is 30.7 Å². The Morgan fingerprint density at radius 1 is 0.815 bits per heavy atom. The quantitative estimate of drug-likeness (QED) is 0.125. The number of amides is 2. The molecule has 9 nitrogen and oxygen atoms in total. The van der Waals surface area contributed by atoms with Gasteiger partial charge in [-0.15, -0.1) is 0 Å². The smallest absolute Gasteiger partial charge is 0.316 e. The highest BCUT2D eigenvalue weighted by Crippen LogP contribution is 2.28. The molecule has 1 heterocycles. The van der Waals surface area contributed by atoms with Crippen molar-refractivity contribution in [3.8, 4) is 5.75 Å². The standard InChI is InChI=1S/C45H51N3O6/c1-30-25-26-48(29-32-16-22-37(53-8)23-17-32)42(51)40(30)46-41(50)38(47(7)39(49)28-33-13-19-34-11-9-10-12-35(34)27-33)24-18-31-14-20-36(21-15-31)45(5,6)43(52)54-44(2,3)4/h9-17,19-23,25-27,38H,18,24,28-29H2,1-8H3,(H,46,50). The SMILES string of the molecule is COc1ccc(Cn2ccc(C)c(NC(=O)C(CCc3ccc(C(C)(C)C(=O)OC(C)(C)C)cc3)N(C)C(=O)Cc3ccc4ccccc4c3)c2=O)cc1. The fraction of sp³-hybridized carbons (Fsp3) is 0.333. The summed E-state index contributed by atoms with van der Waals surface area (Å²) >= 11 is 0. The van der Waals surface area contributed by atoms with Gasteiger partial charge in [0.25, 0.3) is 5.56 Å².